The third-order valence-electron chi connectivity index (χ3n) is 1.76. The third-order valence-corrected chi connectivity index (χ3v) is 1.76. The van der Waals surface area contributed by atoms with Crippen LogP contribution in [0, 0.1) is 0 Å². The number of rotatable bonds is 4. The van der Waals surface area contributed by atoms with E-state index >= 15 is 0 Å². The van der Waals surface area contributed by atoms with Gasteiger partial charge in [0, 0.05) is 6.42 Å². The van der Waals surface area contributed by atoms with E-state index in [0.717, 1.165) is 0 Å². The van der Waals surface area contributed by atoms with Crippen LogP contribution in [0.3, 0.4) is 0 Å². The van der Waals surface area contributed by atoms with Crippen LogP contribution in [0.2, 0.25) is 0 Å². The molecular formula is C7H13NO4. The molecule has 1 rings (SSSR count). The summed E-state index contributed by atoms with van der Waals surface area (Å²) in [4.78, 5) is 10.4. The Kier molecular flexibility index (Phi) is 3.02. The number of aliphatic carboxylic acids is 1. The highest BCUT2D eigenvalue weighted by Gasteiger charge is 2.37. The average Bonchev–Trinajstić information content (AvgIpc) is 2.36. The van der Waals surface area contributed by atoms with Gasteiger partial charge in [-0.05, 0) is 6.54 Å². The van der Waals surface area contributed by atoms with Crippen LogP contribution >= 0.6 is 0 Å². The lowest BCUT2D eigenvalue weighted by molar-refractivity contribution is -0.180. The number of hydrogen-bond acceptors (Lipinski definition) is 4. The van der Waals surface area contributed by atoms with Crippen LogP contribution in [0.15, 0.2) is 0 Å². The van der Waals surface area contributed by atoms with Crippen molar-refractivity contribution in [1.29, 1.82) is 0 Å². The maximum atomic E-state index is 10.4. The first-order valence-corrected chi connectivity index (χ1v) is 3.88. The van der Waals surface area contributed by atoms with E-state index in [1.807, 2.05) is 0 Å². The minimum absolute atomic E-state index is 0.135. The highest BCUT2D eigenvalue weighted by atomic mass is 16.7. The first-order valence-electron chi connectivity index (χ1n) is 3.88. The van der Waals surface area contributed by atoms with Gasteiger partial charge in [-0.25, -0.2) is 0 Å². The fraction of sp³-hybridized carbons (Fsp3) is 0.857. The number of hydrogen-bond donors (Lipinski definition) is 2. The quantitative estimate of drug-likeness (QED) is 0.605. The first kappa shape index (κ1) is 9.44. The summed E-state index contributed by atoms with van der Waals surface area (Å²) in [5, 5.41) is 8.56. The Morgan fingerprint density at radius 2 is 2.08 bits per heavy atom. The summed E-state index contributed by atoms with van der Waals surface area (Å²) in [5.74, 6) is -1.88. The summed E-state index contributed by atoms with van der Waals surface area (Å²) in [7, 11) is 0. The van der Waals surface area contributed by atoms with Gasteiger partial charge in [0.15, 0.2) is 5.79 Å². The minimum Gasteiger partial charge on any atom is -0.481 e. The zero-order valence-corrected chi connectivity index (χ0v) is 6.78. The van der Waals surface area contributed by atoms with Crippen LogP contribution in [0.25, 0.3) is 0 Å². The highest BCUT2D eigenvalue weighted by Crippen LogP contribution is 2.26. The van der Waals surface area contributed by atoms with Crippen LogP contribution in [0.4, 0.5) is 0 Å². The van der Waals surface area contributed by atoms with Gasteiger partial charge in [0.2, 0.25) is 0 Å². The molecule has 1 saturated heterocycles. The highest BCUT2D eigenvalue weighted by molar-refractivity contribution is 5.67. The van der Waals surface area contributed by atoms with E-state index in [1.165, 1.54) is 0 Å². The van der Waals surface area contributed by atoms with E-state index in [4.69, 9.17) is 20.3 Å². The van der Waals surface area contributed by atoms with Crippen LogP contribution in [0.5, 0.6) is 0 Å². The molecule has 1 aliphatic rings. The first-order chi connectivity index (χ1) is 5.68. The Morgan fingerprint density at radius 3 is 2.50 bits per heavy atom. The number of carboxylic acids is 1. The molecule has 0 bridgehead atoms. The number of nitrogens with two attached hydrogens (primary N) is 1. The second-order valence-corrected chi connectivity index (χ2v) is 2.72. The van der Waals surface area contributed by atoms with E-state index in [9.17, 15) is 4.79 Å². The third kappa shape index (κ3) is 2.17. The molecular weight excluding hydrogens is 162 g/mol. The molecule has 70 valence electrons. The fourth-order valence-electron chi connectivity index (χ4n) is 1.28. The maximum absolute atomic E-state index is 10.4. The van der Waals surface area contributed by atoms with Crippen molar-refractivity contribution < 1.29 is 19.4 Å². The molecule has 0 saturated carbocycles. The Balaban J connectivity index is 2.52. The fourth-order valence-corrected chi connectivity index (χ4v) is 1.28. The predicted octanol–water partition coefficient (Wildman–Crippen LogP) is -0.447. The Morgan fingerprint density at radius 1 is 1.50 bits per heavy atom. The van der Waals surface area contributed by atoms with E-state index in [2.05, 4.69) is 0 Å². The summed E-state index contributed by atoms with van der Waals surface area (Å²) in [6.45, 7) is 1.27. The van der Waals surface area contributed by atoms with Gasteiger partial charge in [-0.3, -0.25) is 4.79 Å². The predicted molar refractivity (Wildman–Crippen MR) is 40.6 cm³/mol. The van der Waals surface area contributed by atoms with Gasteiger partial charge < -0.3 is 20.3 Å². The second-order valence-electron chi connectivity index (χ2n) is 2.72. The molecule has 0 amide bonds. The van der Waals surface area contributed by atoms with Crippen molar-refractivity contribution in [1.82, 2.24) is 0 Å². The molecule has 0 aromatic rings. The molecule has 0 aromatic carbocycles. The van der Waals surface area contributed by atoms with E-state index < -0.39 is 11.8 Å². The minimum atomic E-state index is -0.958. The van der Waals surface area contributed by atoms with Crippen molar-refractivity contribution in [2.75, 3.05) is 19.8 Å². The summed E-state index contributed by atoms with van der Waals surface area (Å²) in [6, 6.07) is 0. The summed E-state index contributed by atoms with van der Waals surface area (Å²) >= 11 is 0. The molecule has 5 nitrogen and oxygen atoms in total. The average molecular weight is 175 g/mol. The van der Waals surface area contributed by atoms with E-state index in [0.29, 0.717) is 26.2 Å². The van der Waals surface area contributed by atoms with Crippen molar-refractivity contribution >= 4 is 5.97 Å². The molecule has 1 fully saturated rings. The van der Waals surface area contributed by atoms with Gasteiger partial charge in [-0.1, -0.05) is 0 Å². The zero-order valence-electron chi connectivity index (χ0n) is 6.78. The van der Waals surface area contributed by atoms with Crippen LogP contribution in [-0.4, -0.2) is 36.6 Å². The lowest BCUT2D eigenvalue weighted by Crippen LogP contribution is -2.35. The monoisotopic (exact) mass is 175 g/mol. The number of carboxylic acid groups (broad SMARTS) is 1. The largest absolute Gasteiger partial charge is 0.481 e. The van der Waals surface area contributed by atoms with Crippen LogP contribution in [0.1, 0.15) is 12.8 Å². The van der Waals surface area contributed by atoms with Gasteiger partial charge in [0.25, 0.3) is 0 Å². The molecule has 0 radical (unpaired) electrons. The molecule has 12 heavy (non-hydrogen) atoms. The van der Waals surface area contributed by atoms with Crippen molar-refractivity contribution in [3.63, 3.8) is 0 Å². The topological polar surface area (TPSA) is 81.8 Å². The van der Waals surface area contributed by atoms with Gasteiger partial charge >= 0.3 is 5.97 Å². The summed E-state index contributed by atoms with van der Waals surface area (Å²) < 4.78 is 10.4. The molecule has 1 heterocycles. The Bertz CT molecular complexity index is 165. The van der Waals surface area contributed by atoms with Gasteiger partial charge in [-0.2, -0.15) is 0 Å². The van der Waals surface area contributed by atoms with Crippen molar-refractivity contribution in [3.05, 3.63) is 0 Å². The van der Waals surface area contributed by atoms with Crippen LogP contribution in [-0.2, 0) is 14.3 Å². The molecule has 0 atom stereocenters. The van der Waals surface area contributed by atoms with Crippen LogP contribution < -0.4 is 5.73 Å². The molecule has 5 heteroatoms. The lowest BCUT2D eigenvalue weighted by Gasteiger charge is -2.24. The summed E-state index contributed by atoms with van der Waals surface area (Å²) in [6.07, 6.45) is 0.295. The molecule has 0 aliphatic carbocycles. The Hall–Kier alpha value is -0.650. The zero-order chi connectivity index (χ0) is 9.03. The maximum Gasteiger partial charge on any atom is 0.308 e. The molecule has 0 aromatic heterocycles. The molecule has 1 aliphatic heterocycles. The van der Waals surface area contributed by atoms with E-state index in [1.54, 1.807) is 0 Å². The lowest BCUT2D eigenvalue weighted by atomic mass is 10.1. The molecule has 3 N–H and O–H groups in total. The second kappa shape index (κ2) is 3.84. The summed E-state index contributed by atoms with van der Waals surface area (Å²) in [5.41, 5.74) is 5.32. The van der Waals surface area contributed by atoms with Gasteiger partial charge in [0.05, 0.1) is 19.6 Å². The van der Waals surface area contributed by atoms with Gasteiger partial charge in [0.1, 0.15) is 0 Å². The Labute approximate surface area is 70.4 Å². The number of carbonyl (C=O) groups is 1. The SMILES string of the molecule is NCCC1(CC(=O)O)OCCO1. The van der Waals surface area contributed by atoms with Crippen molar-refractivity contribution in [3.8, 4) is 0 Å². The van der Waals surface area contributed by atoms with E-state index in [-0.39, 0.29) is 6.42 Å². The standard InChI is InChI=1S/C7H13NO4/c8-2-1-7(5-6(9)10)11-3-4-12-7/h1-5,8H2,(H,9,10). The van der Waals surface area contributed by atoms with Crippen molar-refractivity contribution in [2.45, 2.75) is 18.6 Å². The molecule has 0 spiro atoms. The number of ether oxygens (including phenoxy) is 2. The van der Waals surface area contributed by atoms with Gasteiger partial charge in [-0.15, -0.1) is 0 Å². The molecule has 0 unspecified atom stereocenters. The van der Waals surface area contributed by atoms with Crippen molar-refractivity contribution in [2.24, 2.45) is 5.73 Å². The smallest absolute Gasteiger partial charge is 0.308 e. The normalized spacial score (nSPS) is 21.1.